The molecule has 0 amide bonds. The van der Waals surface area contributed by atoms with E-state index >= 15 is 0 Å². The van der Waals surface area contributed by atoms with Crippen molar-refractivity contribution in [3.05, 3.63) is 0 Å². The number of nitrogens with one attached hydrogen (secondary N) is 3. The molecule has 0 heterocycles. The molecule has 0 spiro atoms. The van der Waals surface area contributed by atoms with E-state index in [1.54, 1.807) is 0 Å². The fourth-order valence-corrected chi connectivity index (χ4v) is 3.05. The lowest BCUT2D eigenvalue weighted by molar-refractivity contribution is 0.265. The van der Waals surface area contributed by atoms with Gasteiger partial charge in [-0.05, 0) is 25.0 Å². The molecule has 0 aromatic carbocycles. The van der Waals surface area contributed by atoms with Gasteiger partial charge in [-0.1, -0.05) is 41.0 Å². The molecule has 3 N–H and O–H groups in total. The van der Waals surface area contributed by atoms with Crippen LogP contribution in [-0.4, -0.2) is 34.7 Å². The topological polar surface area (TPSA) is 45.3 Å². The van der Waals surface area contributed by atoms with E-state index in [0.717, 1.165) is 6.54 Å². The van der Waals surface area contributed by atoms with Gasteiger partial charge in [0, 0.05) is 0 Å². The fourth-order valence-electron chi connectivity index (χ4n) is 1.27. The van der Waals surface area contributed by atoms with Crippen LogP contribution in [0.15, 0.2) is 0 Å². The second-order valence-corrected chi connectivity index (χ2v) is 6.45. The predicted molar refractivity (Wildman–Crippen MR) is 72.6 cm³/mol. The number of hydrogen-bond donors (Lipinski definition) is 3. The molecule has 0 aliphatic carbocycles. The Morgan fingerprint density at radius 2 is 1.62 bits per heavy atom. The van der Waals surface area contributed by atoms with Crippen molar-refractivity contribution in [2.45, 2.75) is 59.5 Å². The Bertz CT molecular complexity index is 146. The maximum atomic E-state index is 5.82. The first-order valence-electron chi connectivity index (χ1n) is 6.40. The Morgan fingerprint density at radius 3 is 2.06 bits per heavy atom. The van der Waals surface area contributed by atoms with Crippen LogP contribution in [0.25, 0.3) is 0 Å². The van der Waals surface area contributed by atoms with E-state index in [1.807, 2.05) is 0 Å². The summed E-state index contributed by atoms with van der Waals surface area (Å²) in [7, 11) is -1.46. The molecule has 0 rings (SSSR count). The summed E-state index contributed by atoms with van der Waals surface area (Å²) in [6.07, 6.45) is 2.44. The first-order valence-corrected chi connectivity index (χ1v) is 8.03. The highest BCUT2D eigenvalue weighted by atomic mass is 28.3. The van der Waals surface area contributed by atoms with E-state index < -0.39 is 9.36 Å². The van der Waals surface area contributed by atoms with Crippen LogP contribution in [0.5, 0.6) is 0 Å². The zero-order valence-corrected chi connectivity index (χ0v) is 12.6. The predicted octanol–water partition coefficient (Wildman–Crippen LogP) is 1.06. The Kier molecular flexibility index (Phi) is 10.3. The number of unbranched alkanes of at least 4 members (excludes halogenated alkanes) is 1. The van der Waals surface area contributed by atoms with Gasteiger partial charge in [-0.15, -0.1) is 0 Å². The van der Waals surface area contributed by atoms with Gasteiger partial charge in [-0.2, -0.15) is 0 Å². The van der Waals surface area contributed by atoms with Crippen molar-refractivity contribution in [1.29, 1.82) is 0 Å². The second kappa shape index (κ2) is 10.2. The average molecular weight is 247 g/mol. The molecule has 5 heteroatoms. The summed E-state index contributed by atoms with van der Waals surface area (Å²) < 4.78 is 5.82. The molecule has 0 saturated heterocycles. The minimum atomic E-state index is -1.46. The zero-order chi connectivity index (χ0) is 12.4. The van der Waals surface area contributed by atoms with Gasteiger partial charge in [-0.25, -0.2) is 0 Å². The molecule has 0 unspecified atom stereocenters. The minimum absolute atomic E-state index is 0.471. The van der Waals surface area contributed by atoms with Crippen molar-refractivity contribution in [3.63, 3.8) is 0 Å². The van der Waals surface area contributed by atoms with Crippen LogP contribution >= 0.6 is 0 Å². The number of hydrogen-bond acceptors (Lipinski definition) is 4. The largest absolute Gasteiger partial charge is 0.381 e. The summed E-state index contributed by atoms with van der Waals surface area (Å²) in [5, 5.41) is 3.30. The van der Waals surface area contributed by atoms with E-state index in [1.165, 1.54) is 12.8 Å². The smallest absolute Gasteiger partial charge is 0.336 e. The summed E-state index contributed by atoms with van der Waals surface area (Å²) in [6, 6.07) is 0.942. The van der Waals surface area contributed by atoms with Gasteiger partial charge < -0.3 is 14.4 Å². The van der Waals surface area contributed by atoms with Crippen LogP contribution in [0, 0.1) is 0 Å². The van der Waals surface area contributed by atoms with E-state index in [4.69, 9.17) is 4.43 Å². The van der Waals surface area contributed by atoms with Gasteiger partial charge in [0.25, 0.3) is 0 Å². The monoisotopic (exact) mass is 247 g/mol. The summed E-state index contributed by atoms with van der Waals surface area (Å²) in [5.41, 5.74) is 0. The van der Waals surface area contributed by atoms with Crippen molar-refractivity contribution in [1.82, 2.24) is 15.3 Å². The average Bonchev–Trinajstić information content (AvgIpc) is 2.15. The summed E-state index contributed by atoms with van der Waals surface area (Å²) in [5.74, 6) is 0. The standard InChI is InChI=1S/C11H29N3OSi/c1-6-7-8-12-9-15-16(13-10(2)3)14-11(4)5/h10-14,16H,6-9H2,1-5H3. The summed E-state index contributed by atoms with van der Waals surface area (Å²) in [6.45, 7) is 12.5. The van der Waals surface area contributed by atoms with Crippen molar-refractivity contribution < 1.29 is 4.43 Å². The molecular formula is C11H29N3OSi. The molecule has 0 aliphatic rings. The highest BCUT2D eigenvalue weighted by molar-refractivity contribution is 6.46. The third-order valence-corrected chi connectivity index (χ3v) is 4.47. The Balaban J connectivity index is 3.65. The van der Waals surface area contributed by atoms with Crippen LogP contribution in [0.4, 0.5) is 0 Å². The van der Waals surface area contributed by atoms with Crippen LogP contribution in [0.2, 0.25) is 0 Å². The van der Waals surface area contributed by atoms with Crippen LogP contribution in [-0.2, 0) is 4.43 Å². The van der Waals surface area contributed by atoms with E-state index in [9.17, 15) is 0 Å². The summed E-state index contributed by atoms with van der Waals surface area (Å²) in [4.78, 5) is 6.94. The third kappa shape index (κ3) is 10.6. The quantitative estimate of drug-likeness (QED) is 0.307. The van der Waals surface area contributed by atoms with E-state index in [0.29, 0.717) is 18.8 Å². The lowest BCUT2D eigenvalue weighted by Gasteiger charge is -2.23. The third-order valence-electron chi connectivity index (χ3n) is 2.03. The van der Waals surface area contributed by atoms with Crippen LogP contribution in [0.1, 0.15) is 47.5 Å². The molecular weight excluding hydrogens is 218 g/mol. The maximum absolute atomic E-state index is 5.82. The molecule has 0 aliphatic heterocycles. The SMILES string of the molecule is CCCCNCO[SiH](NC(C)C)NC(C)C. The first-order chi connectivity index (χ1) is 7.56. The van der Waals surface area contributed by atoms with Gasteiger partial charge >= 0.3 is 9.36 Å². The molecule has 0 aromatic heterocycles. The van der Waals surface area contributed by atoms with E-state index in [2.05, 4.69) is 49.9 Å². The first kappa shape index (κ1) is 16.1. The normalized spacial score (nSPS) is 12.0. The van der Waals surface area contributed by atoms with Gasteiger partial charge in [0.1, 0.15) is 0 Å². The molecule has 0 saturated carbocycles. The summed E-state index contributed by atoms with van der Waals surface area (Å²) >= 11 is 0. The Labute approximate surface area is 102 Å². The van der Waals surface area contributed by atoms with Crippen LogP contribution in [0.3, 0.4) is 0 Å². The van der Waals surface area contributed by atoms with Crippen LogP contribution < -0.4 is 15.3 Å². The molecule has 16 heavy (non-hydrogen) atoms. The number of rotatable bonds is 10. The molecule has 0 radical (unpaired) electrons. The second-order valence-electron chi connectivity index (χ2n) is 4.69. The van der Waals surface area contributed by atoms with Gasteiger partial charge in [0.05, 0.1) is 6.73 Å². The van der Waals surface area contributed by atoms with Crippen molar-refractivity contribution in [3.8, 4) is 0 Å². The maximum Gasteiger partial charge on any atom is 0.336 e. The van der Waals surface area contributed by atoms with E-state index in [-0.39, 0.29) is 0 Å². The molecule has 0 fully saturated rings. The molecule has 0 aromatic rings. The van der Waals surface area contributed by atoms with Gasteiger partial charge in [0.15, 0.2) is 0 Å². The minimum Gasteiger partial charge on any atom is -0.381 e. The molecule has 98 valence electrons. The Morgan fingerprint density at radius 1 is 1.06 bits per heavy atom. The molecule has 4 nitrogen and oxygen atoms in total. The highest BCUT2D eigenvalue weighted by Crippen LogP contribution is 1.87. The van der Waals surface area contributed by atoms with Gasteiger partial charge in [-0.3, -0.25) is 5.32 Å². The lowest BCUT2D eigenvalue weighted by Crippen LogP contribution is -2.55. The Hall–Kier alpha value is 0.0569. The lowest BCUT2D eigenvalue weighted by atomic mass is 10.3. The van der Waals surface area contributed by atoms with Gasteiger partial charge in [0.2, 0.25) is 0 Å². The molecule has 0 bridgehead atoms. The molecule has 0 atom stereocenters. The van der Waals surface area contributed by atoms with Crippen molar-refractivity contribution >= 4 is 9.36 Å². The fraction of sp³-hybridized carbons (Fsp3) is 1.00. The van der Waals surface area contributed by atoms with Crippen molar-refractivity contribution in [2.24, 2.45) is 0 Å². The highest BCUT2D eigenvalue weighted by Gasteiger charge is 2.14. The zero-order valence-electron chi connectivity index (χ0n) is 11.5. The van der Waals surface area contributed by atoms with Crippen molar-refractivity contribution in [2.75, 3.05) is 13.3 Å².